The van der Waals surface area contributed by atoms with Gasteiger partial charge in [0.2, 0.25) is 0 Å². The third-order valence-corrected chi connectivity index (χ3v) is 7.25. The molecule has 2 fully saturated rings. The minimum Gasteiger partial charge on any atom is -0.362 e. The summed E-state index contributed by atoms with van der Waals surface area (Å²) in [7, 11) is 0. The van der Waals surface area contributed by atoms with E-state index in [1.54, 1.807) is 0 Å². The fourth-order valence-corrected chi connectivity index (χ4v) is 5.55. The Morgan fingerprint density at radius 2 is 1.96 bits per heavy atom. The van der Waals surface area contributed by atoms with Crippen LogP contribution >= 0.6 is 11.8 Å². The highest BCUT2D eigenvalue weighted by atomic mass is 32.2. The van der Waals surface area contributed by atoms with Crippen LogP contribution < -0.4 is 5.32 Å². The summed E-state index contributed by atoms with van der Waals surface area (Å²) in [5, 5.41) is 3.78. The van der Waals surface area contributed by atoms with Crippen molar-refractivity contribution in [1.82, 2.24) is 10.3 Å². The lowest BCUT2D eigenvalue weighted by atomic mass is 9.95. The zero-order valence-corrected chi connectivity index (χ0v) is 15.5. The number of pyridine rings is 1. The number of nitrogens with zero attached hydrogens (tertiary/aromatic N) is 2. The van der Waals surface area contributed by atoms with Gasteiger partial charge in [0.15, 0.2) is 5.17 Å². The van der Waals surface area contributed by atoms with Crippen molar-refractivity contribution in [1.29, 1.82) is 0 Å². The van der Waals surface area contributed by atoms with E-state index in [0.29, 0.717) is 23.1 Å². The smallest absolute Gasteiger partial charge is 0.362 e. The number of amidine groups is 1. The van der Waals surface area contributed by atoms with Crippen LogP contribution in [0.2, 0.25) is 0 Å². The molecule has 0 spiro atoms. The molecule has 0 aromatic carbocycles. The van der Waals surface area contributed by atoms with Crippen molar-refractivity contribution >= 4 is 16.9 Å². The lowest BCUT2D eigenvalue weighted by molar-refractivity contribution is -0.141. The largest absolute Gasteiger partial charge is 0.433 e. The molecule has 4 unspecified atom stereocenters. The number of thioether (sulfide) groups is 1. The first-order valence-corrected chi connectivity index (χ1v) is 9.82. The van der Waals surface area contributed by atoms with Crippen molar-refractivity contribution in [2.24, 2.45) is 16.8 Å². The molecule has 2 saturated carbocycles. The molecule has 2 heterocycles. The molecule has 0 saturated heterocycles. The molecular formula is C18H20F5N3S. The quantitative estimate of drug-likeness (QED) is 0.732. The van der Waals surface area contributed by atoms with Gasteiger partial charge in [-0.1, -0.05) is 18.2 Å². The number of aliphatic imine (C=N–C) groups is 1. The Morgan fingerprint density at radius 1 is 1.19 bits per heavy atom. The van der Waals surface area contributed by atoms with Crippen LogP contribution in [0.5, 0.6) is 0 Å². The third-order valence-electron chi connectivity index (χ3n) is 5.97. The molecule has 1 aromatic heterocycles. The van der Waals surface area contributed by atoms with Gasteiger partial charge in [-0.15, -0.1) is 0 Å². The summed E-state index contributed by atoms with van der Waals surface area (Å²) in [6.45, 7) is 1.20. The zero-order chi connectivity index (χ0) is 19.4. The Balaban J connectivity index is 1.49. The van der Waals surface area contributed by atoms with Crippen LogP contribution in [0, 0.1) is 11.8 Å². The summed E-state index contributed by atoms with van der Waals surface area (Å²) in [5.41, 5.74) is -2.00. The van der Waals surface area contributed by atoms with Gasteiger partial charge in [-0.2, -0.15) is 22.0 Å². The van der Waals surface area contributed by atoms with Gasteiger partial charge >= 0.3 is 6.18 Å². The maximum Gasteiger partial charge on any atom is 0.433 e. The van der Waals surface area contributed by atoms with Crippen LogP contribution in [0.25, 0.3) is 0 Å². The second-order valence-electron chi connectivity index (χ2n) is 7.88. The Bertz CT molecular complexity index is 766. The van der Waals surface area contributed by atoms with E-state index in [2.05, 4.69) is 15.3 Å². The van der Waals surface area contributed by atoms with Crippen LogP contribution in [0.1, 0.15) is 43.9 Å². The number of aromatic nitrogens is 1. The second kappa shape index (κ2) is 6.32. The van der Waals surface area contributed by atoms with E-state index in [4.69, 9.17) is 0 Å². The Kier molecular flexibility index (Phi) is 4.44. The molecule has 2 bridgehead atoms. The van der Waals surface area contributed by atoms with Crippen molar-refractivity contribution in [3.8, 4) is 0 Å². The average molecular weight is 405 g/mol. The minimum absolute atomic E-state index is 0.155. The van der Waals surface area contributed by atoms with E-state index in [0.717, 1.165) is 36.9 Å². The lowest BCUT2D eigenvalue weighted by Gasteiger charge is -2.33. The molecule has 9 heteroatoms. The van der Waals surface area contributed by atoms with Crippen LogP contribution in [-0.2, 0) is 12.1 Å². The number of hydrogen-bond acceptors (Lipinski definition) is 4. The molecule has 1 aliphatic heterocycles. The molecule has 0 radical (unpaired) electrons. The van der Waals surface area contributed by atoms with Gasteiger partial charge in [-0.3, -0.25) is 9.98 Å². The predicted octanol–water partition coefficient (Wildman–Crippen LogP) is 4.83. The Hall–Kier alpha value is -1.38. The Labute approximate surface area is 158 Å². The average Bonchev–Trinajstić information content (AvgIpc) is 3.31. The number of nitrogens with one attached hydrogen (secondary N) is 1. The number of alkyl halides is 5. The van der Waals surface area contributed by atoms with Gasteiger partial charge < -0.3 is 5.32 Å². The molecule has 148 valence electrons. The van der Waals surface area contributed by atoms with Crippen molar-refractivity contribution in [3.63, 3.8) is 0 Å². The van der Waals surface area contributed by atoms with Gasteiger partial charge in [0.05, 0.1) is 6.54 Å². The van der Waals surface area contributed by atoms with Crippen LogP contribution in [0.4, 0.5) is 22.0 Å². The molecule has 3 nitrogen and oxygen atoms in total. The van der Waals surface area contributed by atoms with E-state index in [9.17, 15) is 13.2 Å². The first kappa shape index (κ1) is 19.0. The highest BCUT2D eigenvalue weighted by molar-refractivity contribution is 8.15. The Morgan fingerprint density at radius 3 is 2.59 bits per heavy atom. The molecule has 2 aliphatic carbocycles. The summed E-state index contributed by atoms with van der Waals surface area (Å²) in [5.74, 6) is -2.20. The molecule has 0 amide bonds. The van der Waals surface area contributed by atoms with Gasteiger partial charge in [-0.05, 0) is 50.2 Å². The topological polar surface area (TPSA) is 37.3 Å². The lowest BCUT2D eigenvalue weighted by Crippen LogP contribution is -2.43. The van der Waals surface area contributed by atoms with Crippen LogP contribution in [0.15, 0.2) is 23.3 Å². The fourth-order valence-electron chi connectivity index (χ4n) is 4.41. The molecule has 4 rings (SSSR count). The van der Waals surface area contributed by atoms with Crippen molar-refractivity contribution in [3.05, 3.63) is 29.6 Å². The normalized spacial score (nSPS) is 33.4. The van der Waals surface area contributed by atoms with E-state index >= 15 is 8.78 Å². The molecule has 27 heavy (non-hydrogen) atoms. The van der Waals surface area contributed by atoms with Gasteiger partial charge in [0.25, 0.3) is 5.92 Å². The van der Waals surface area contributed by atoms with Gasteiger partial charge in [-0.25, -0.2) is 0 Å². The molecular weight excluding hydrogens is 385 g/mol. The van der Waals surface area contributed by atoms with E-state index in [1.807, 2.05) is 0 Å². The molecule has 4 atom stereocenters. The summed E-state index contributed by atoms with van der Waals surface area (Å²) >= 11 is 0.930. The highest BCUT2D eigenvalue weighted by Crippen LogP contribution is 2.51. The minimum atomic E-state index is -4.76. The van der Waals surface area contributed by atoms with E-state index in [1.165, 1.54) is 19.8 Å². The van der Waals surface area contributed by atoms with Gasteiger partial charge in [0, 0.05) is 17.8 Å². The monoisotopic (exact) mass is 405 g/mol. The van der Waals surface area contributed by atoms with Crippen LogP contribution in [-0.4, -0.2) is 27.5 Å². The molecule has 1 N–H and O–H groups in total. The van der Waals surface area contributed by atoms with Crippen molar-refractivity contribution < 1.29 is 22.0 Å². The summed E-state index contributed by atoms with van der Waals surface area (Å²) < 4.78 is 67.2. The zero-order valence-electron chi connectivity index (χ0n) is 14.7. The number of hydrogen-bond donors (Lipinski definition) is 1. The van der Waals surface area contributed by atoms with Gasteiger partial charge in [0.1, 0.15) is 10.4 Å². The fraction of sp³-hybridized carbons (Fsp3) is 0.667. The maximum atomic E-state index is 15.1. The second-order valence-corrected chi connectivity index (χ2v) is 9.37. The summed E-state index contributed by atoms with van der Waals surface area (Å²) in [4.78, 5) is 7.42. The SMILES string of the molecule is CC1(C(F)(F)c2ccnc(C(F)(F)F)c2)CN=C(NC2CC3CCC2C3)S1. The third kappa shape index (κ3) is 3.32. The number of fused-ring (bicyclic) bond motifs is 2. The van der Waals surface area contributed by atoms with Crippen molar-refractivity contribution in [2.75, 3.05) is 6.54 Å². The molecule has 3 aliphatic rings. The predicted molar refractivity (Wildman–Crippen MR) is 93.8 cm³/mol. The standard InChI is InChI=1S/C18H20F5N3S/c1-16(17(19,20)12-4-5-24-14(8-12)18(21,22)23)9-25-15(27-16)26-13-7-10-2-3-11(13)6-10/h4-5,8,10-11,13H,2-3,6-7,9H2,1H3,(H,25,26). The van der Waals surface area contributed by atoms with E-state index in [-0.39, 0.29) is 12.6 Å². The van der Waals surface area contributed by atoms with Crippen molar-refractivity contribution in [2.45, 2.75) is 55.5 Å². The summed E-state index contributed by atoms with van der Waals surface area (Å²) in [6, 6.07) is 1.65. The number of rotatable bonds is 3. The first-order valence-electron chi connectivity index (χ1n) is 9.00. The first-order chi connectivity index (χ1) is 12.6. The number of halogens is 5. The summed E-state index contributed by atoms with van der Waals surface area (Å²) in [6.07, 6.45) is 0.634. The maximum absolute atomic E-state index is 15.1. The highest BCUT2D eigenvalue weighted by Gasteiger charge is 2.56. The van der Waals surface area contributed by atoms with Crippen LogP contribution in [0.3, 0.4) is 0 Å². The molecule has 1 aromatic rings. The van der Waals surface area contributed by atoms with E-state index < -0.39 is 28.1 Å².